The number of benzene rings is 1. The van der Waals surface area contributed by atoms with Crippen LogP contribution in [0.3, 0.4) is 0 Å². The van der Waals surface area contributed by atoms with E-state index >= 15 is 0 Å². The molecule has 0 spiro atoms. The maximum absolute atomic E-state index is 13.5. The van der Waals surface area contributed by atoms with Gasteiger partial charge in [0.25, 0.3) is 0 Å². The van der Waals surface area contributed by atoms with E-state index in [1.165, 1.54) is 6.07 Å². The molecule has 0 heterocycles. The van der Waals surface area contributed by atoms with Crippen LogP contribution in [0.4, 0.5) is 4.39 Å². The van der Waals surface area contributed by atoms with Crippen molar-refractivity contribution < 1.29 is 9.50 Å². The molecule has 1 aromatic rings. The van der Waals surface area contributed by atoms with Gasteiger partial charge in [0.2, 0.25) is 0 Å². The maximum atomic E-state index is 13.5. The molecule has 1 aromatic carbocycles. The van der Waals surface area contributed by atoms with Crippen LogP contribution in [0.1, 0.15) is 18.9 Å². The van der Waals surface area contributed by atoms with Crippen molar-refractivity contribution in [2.75, 3.05) is 20.1 Å². The first kappa shape index (κ1) is 14.4. The van der Waals surface area contributed by atoms with Crippen molar-refractivity contribution in [3.8, 4) is 0 Å². The fraction of sp³-hybridized carbons (Fsp3) is 0.538. The molecule has 4 heteroatoms. The van der Waals surface area contributed by atoms with Gasteiger partial charge in [0.05, 0.1) is 6.10 Å². The number of aliphatic hydroxyl groups is 1. The Bertz CT molecular complexity index is 337. The number of aliphatic hydroxyl groups excluding tert-OH is 1. The molecule has 0 saturated heterocycles. The molecule has 1 N–H and O–H groups in total. The number of halogens is 2. The van der Waals surface area contributed by atoms with Gasteiger partial charge in [0.15, 0.2) is 0 Å². The van der Waals surface area contributed by atoms with Crippen LogP contribution in [0.5, 0.6) is 0 Å². The lowest BCUT2D eigenvalue weighted by Gasteiger charge is -2.17. The van der Waals surface area contributed by atoms with Gasteiger partial charge in [-0.2, -0.15) is 0 Å². The smallest absolute Gasteiger partial charge is 0.127 e. The van der Waals surface area contributed by atoms with E-state index in [1.54, 1.807) is 19.1 Å². The van der Waals surface area contributed by atoms with Gasteiger partial charge in [0, 0.05) is 23.7 Å². The standard InChI is InChI=1S/C13H19ClFNO/c1-10(17)6-8-16(2)9-7-11-12(14)4-3-5-13(11)15/h3-5,10,17H,6-9H2,1-2H3. The Balaban J connectivity index is 2.44. The highest BCUT2D eigenvalue weighted by Crippen LogP contribution is 2.19. The van der Waals surface area contributed by atoms with Crippen molar-refractivity contribution in [3.63, 3.8) is 0 Å². The third kappa shape index (κ3) is 5.02. The van der Waals surface area contributed by atoms with E-state index < -0.39 is 0 Å². The number of likely N-dealkylation sites (N-methyl/N-ethyl adjacent to an activating group) is 1. The van der Waals surface area contributed by atoms with E-state index in [1.807, 2.05) is 7.05 Å². The highest BCUT2D eigenvalue weighted by atomic mass is 35.5. The molecule has 1 atom stereocenters. The quantitative estimate of drug-likeness (QED) is 0.849. The summed E-state index contributed by atoms with van der Waals surface area (Å²) in [4.78, 5) is 2.06. The highest BCUT2D eigenvalue weighted by molar-refractivity contribution is 6.31. The van der Waals surface area contributed by atoms with Crippen LogP contribution in [-0.2, 0) is 6.42 Å². The maximum Gasteiger partial charge on any atom is 0.127 e. The van der Waals surface area contributed by atoms with Crippen molar-refractivity contribution >= 4 is 11.6 Å². The van der Waals surface area contributed by atoms with Gasteiger partial charge in [-0.1, -0.05) is 17.7 Å². The summed E-state index contributed by atoms with van der Waals surface area (Å²) in [5, 5.41) is 9.65. The molecule has 96 valence electrons. The fourth-order valence-electron chi connectivity index (χ4n) is 1.59. The average Bonchev–Trinajstić information content (AvgIpc) is 2.25. The molecular formula is C13H19ClFNO. The van der Waals surface area contributed by atoms with Crippen molar-refractivity contribution in [2.24, 2.45) is 0 Å². The normalized spacial score (nSPS) is 13.1. The van der Waals surface area contributed by atoms with E-state index in [0.717, 1.165) is 19.5 Å². The van der Waals surface area contributed by atoms with Gasteiger partial charge in [-0.25, -0.2) is 4.39 Å². The minimum Gasteiger partial charge on any atom is -0.393 e. The zero-order valence-corrected chi connectivity index (χ0v) is 11.0. The first-order chi connectivity index (χ1) is 8.00. The van der Waals surface area contributed by atoms with Gasteiger partial charge in [0.1, 0.15) is 5.82 Å². The Morgan fingerprint density at radius 1 is 1.41 bits per heavy atom. The third-order valence-electron chi connectivity index (χ3n) is 2.73. The monoisotopic (exact) mass is 259 g/mol. The molecule has 0 radical (unpaired) electrons. The van der Waals surface area contributed by atoms with Crippen LogP contribution < -0.4 is 0 Å². The average molecular weight is 260 g/mol. The summed E-state index contributed by atoms with van der Waals surface area (Å²) in [7, 11) is 1.96. The minimum atomic E-state index is -0.297. The number of rotatable bonds is 6. The van der Waals surface area contributed by atoms with Crippen molar-refractivity contribution in [3.05, 3.63) is 34.6 Å². The summed E-state index contributed by atoms with van der Waals surface area (Å²) < 4.78 is 13.5. The van der Waals surface area contributed by atoms with Crippen LogP contribution >= 0.6 is 11.6 Å². The van der Waals surface area contributed by atoms with Crippen molar-refractivity contribution in [2.45, 2.75) is 25.9 Å². The lowest BCUT2D eigenvalue weighted by atomic mass is 10.1. The molecule has 0 aliphatic rings. The summed E-state index contributed by atoms with van der Waals surface area (Å²) in [5.74, 6) is -0.249. The van der Waals surface area contributed by atoms with Crippen molar-refractivity contribution in [1.29, 1.82) is 0 Å². The van der Waals surface area contributed by atoms with Gasteiger partial charge in [-0.15, -0.1) is 0 Å². The summed E-state index contributed by atoms with van der Waals surface area (Å²) in [6.45, 7) is 3.29. The molecular weight excluding hydrogens is 241 g/mol. The van der Waals surface area contributed by atoms with Crippen LogP contribution in [0.2, 0.25) is 5.02 Å². The Morgan fingerprint density at radius 3 is 2.71 bits per heavy atom. The lowest BCUT2D eigenvalue weighted by Crippen LogP contribution is -2.25. The molecule has 2 nitrogen and oxygen atoms in total. The fourth-order valence-corrected chi connectivity index (χ4v) is 1.85. The van der Waals surface area contributed by atoms with Crippen LogP contribution in [0.15, 0.2) is 18.2 Å². The van der Waals surface area contributed by atoms with Gasteiger partial charge >= 0.3 is 0 Å². The number of hydrogen-bond acceptors (Lipinski definition) is 2. The van der Waals surface area contributed by atoms with E-state index in [-0.39, 0.29) is 11.9 Å². The second kappa shape index (κ2) is 6.94. The summed E-state index contributed by atoms with van der Waals surface area (Å²) in [6, 6.07) is 4.74. The van der Waals surface area contributed by atoms with Gasteiger partial charge in [-0.3, -0.25) is 0 Å². The molecule has 0 aliphatic carbocycles. The first-order valence-electron chi connectivity index (χ1n) is 5.80. The summed E-state index contributed by atoms with van der Waals surface area (Å²) in [6.07, 6.45) is 1.01. The predicted octanol–water partition coefficient (Wildman–Crippen LogP) is 2.72. The SMILES string of the molecule is CC(O)CCN(C)CCc1c(F)cccc1Cl. The second-order valence-corrected chi connectivity index (χ2v) is 4.80. The predicted molar refractivity (Wildman–Crippen MR) is 68.9 cm³/mol. The molecule has 0 aromatic heterocycles. The summed E-state index contributed by atoms with van der Waals surface area (Å²) in [5.41, 5.74) is 0.568. The highest BCUT2D eigenvalue weighted by Gasteiger charge is 2.08. The zero-order valence-electron chi connectivity index (χ0n) is 10.3. The topological polar surface area (TPSA) is 23.5 Å². The Hall–Kier alpha value is -0.640. The Labute approximate surface area is 107 Å². The zero-order chi connectivity index (χ0) is 12.8. The largest absolute Gasteiger partial charge is 0.393 e. The molecule has 1 unspecified atom stereocenters. The molecule has 1 rings (SSSR count). The number of nitrogens with zero attached hydrogens (tertiary/aromatic N) is 1. The van der Waals surface area contributed by atoms with Crippen LogP contribution in [0, 0.1) is 5.82 Å². The Morgan fingerprint density at radius 2 is 2.12 bits per heavy atom. The van der Waals surface area contributed by atoms with Crippen LogP contribution in [-0.4, -0.2) is 36.2 Å². The van der Waals surface area contributed by atoms with Crippen LogP contribution in [0.25, 0.3) is 0 Å². The molecule has 0 aliphatic heterocycles. The molecule has 0 bridgehead atoms. The number of hydrogen-bond donors (Lipinski definition) is 1. The molecule has 0 saturated carbocycles. The van der Waals surface area contributed by atoms with Crippen molar-refractivity contribution in [1.82, 2.24) is 4.90 Å². The van der Waals surface area contributed by atoms with E-state index in [4.69, 9.17) is 16.7 Å². The minimum absolute atomic E-state index is 0.249. The molecule has 0 fully saturated rings. The van der Waals surface area contributed by atoms with Gasteiger partial charge in [-0.05, 0) is 38.9 Å². The lowest BCUT2D eigenvalue weighted by molar-refractivity contribution is 0.165. The molecule has 0 amide bonds. The Kier molecular flexibility index (Phi) is 5.89. The van der Waals surface area contributed by atoms with E-state index in [0.29, 0.717) is 17.0 Å². The second-order valence-electron chi connectivity index (χ2n) is 4.39. The summed E-state index contributed by atoms with van der Waals surface area (Å²) >= 11 is 5.94. The van der Waals surface area contributed by atoms with Gasteiger partial charge < -0.3 is 10.0 Å². The first-order valence-corrected chi connectivity index (χ1v) is 6.18. The van der Waals surface area contributed by atoms with E-state index in [2.05, 4.69) is 4.90 Å². The third-order valence-corrected chi connectivity index (χ3v) is 3.09. The van der Waals surface area contributed by atoms with E-state index in [9.17, 15) is 4.39 Å². The molecule has 17 heavy (non-hydrogen) atoms.